The largest absolute Gasteiger partial charge is 0.313 e. The molecule has 12 heavy (non-hydrogen) atoms. The summed E-state index contributed by atoms with van der Waals surface area (Å²) in [6, 6.07) is 0.515. The first kappa shape index (κ1) is 9.27. The number of hydrogen-bond acceptors (Lipinski definition) is 1. The monoisotopic (exact) mass is 163 g/mol. The molecule has 1 rings (SSSR count). The minimum atomic E-state index is 0.515. The molecule has 2 atom stereocenters. The Hall–Kier alpha value is -0.820. The van der Waals surface area contributed by atoms with Gasteiger partial charge in [0.2, 0.25) is 0 Å². The second-order valence-corrected chi connectivity index (χ2v) is 3.23. The summed E-state index contributed by atoms with van der Waals surface area (Å²) in [7, 11) is 2.01. The van der Waals surface area contributed by atoms with E-state index < -0.39 is 0 Å². The Bertz CT molecular complexity index is 213. The molecule has 0 aliphatic heterocycles. The summed E-state index contributed by atoms with van der Waals surface area (Å²) < 4.78 is 0. The average molecular weight is 163 g/mol. The Balaban J connectivity index is 2.64. The van der Waals surface area contributed by atoms with Gasteiger partial charge in [-0.1, -0.05) is 36.5 Å². The van der Waals surface area contributed by atoms with E-state index in [0.717, 1.165) is 6.42 Å². The molecule has 1 N–H and O–H groups in total. The Morgan fingerprint density at radius 1 is 1.67 bits per heavy atom. The van der Waals surface area contributed by atoms with Gasteiger partial charge in [-0.15, -0.1) is 0 Å². The van der Waals surface area contributed by atoms with Crippen molar-refractivity contribution < 1.29 is 0 Å². The van der Waals surface area contributed by atoms with Crippen LogP contribution >= 0.6 is 0 Å². The molecular weight excluding hydrogens is 146 g/mol. The van der Waals surface area contributed by atoms with Crippen LogP contribution in [0.5, 0.6) is 0 Å². The highest BCUT2D eigenvalue weighted by Gasteiger charge is 2.21. The quantitative estimate of drug-likeness (QED) is 0.497. The highest BCUT2D eigenvalue weighted by Crippen LogP contribution is 2.25. The van der Waals surface area contributed by atoms with Gasteiger partial charge in [0.15, 0.2) is 0 Å². The summed E-state index contributed by atoms with van der Waals surface area (Å²) in [4.78, 5) is 0. The van der Waals surface area contributed by atoms with Crippen molar-refractivity contribution in [1.82, 2.24) is 5.32 Å². The van der Waals surface area contributed by atoms with Crippen LogP contribution < -0.4 is 5.32 Å². The van der Waals surface area contributed by atoms with Gasteiger partial charge in [0.1, 0.15) is 0 Å². The lowest BCUT2D eigenvalue weighted by molar-refractivity contribution is 0.516. The van der Waals surface area contributed by atoms with E-state index in [1.54, 1.807) is 0 Å². The van der Waals surface area contributed by atoms with E-state index in [2.05, 4.69) is 37.0 Å². The van der Waals surface area contributed by atoms with Crippen LogP contribution in [0, 0.1) is 5.92 Å². The van der Waals surface area contributed by atoms with Crippen molar-refractivity contribution in [2.24, 2.45) is 5.92 Å². The van der Waals surface area contributed by atoms with Gasteiger partial charge in [-0.3, -0.25) is 0 Å². The van der Waals surface area contributed by atoms with Crippen LogP contribution in [-0.4, -0.2) is 13.1 Å². The van der Waals surface area contributed by atoms with Gasteiger partial charge in [0.05, 0.1) is 0 Å². The molecule has 0 saturated carbocycles. The number of hydrogen-bond donors (Lipinski definition) is 1. The highest BCUT2D eigenvalue weighted by atomic mass is 14.9. The molecule has 0 heterocycles. The van der Waals surface area contributed by atoms with Crippen LogP contribution in [0.4, 0.5) is 0 Å². The second kappa shape index (κ2) is 4.27. The first-order chi connectivity index (χ1) is 5.79. The first-order valence-corrected chi connectivity index (χ1v) is 4.42. The summed E-state index contributed by atoms with van der Waals surface area (Å²) in [5.74, 6) is 0.632. The third kappa shape index (κ3) is 1.86. The Morgan fingerprint density at radius 3 is 3.00 bits per heavy atom. The van der Waals surface area contributed by atoms with Gasteiger partial charge in [0, 0.05) is 12.0 Å². The minimum Gasteiger partial charge on any atom is -0.313 e. The smallest absolute Gasteiger partial charge is 0.0316 e. The van der Waals surface area contributed by atoms with E-state index in [4.69, 9.17) is 0 Å². The van der Waals surface area contributed by atoms with Crippen molar-refractivity contribution in [2.75, 3.05) is 7.05 Å². The molecule has 0 bridgehead atoms. The third-order valence-corrected chi connectivity index (χ3v) is 2.47. The van der Waals surface area contributed by atoms with Crippen LogP contribution in [0.3, 0.4) is 0 Å². The fraction of sp³-hybridized carbons (Fsp3) is 0.455. The van der Waals surface area contributed by atoms with Crippen molar-refractivity contribution in [3.8, 4) is 0 Å². The van der Waals surface area contributed by atoms with Crippen LogP contribution in [0.2, 0.25) is 0 Å². The summed E-state index contributed by atoms with van der Waals surface area (Å²) >= 11 is 0. The molecular formula is C11H17N. The van der Waals surface area contributed by atoms with Crippen LogP contribution in [0.1, 0.15) is 13.3 Å². The molecule has 0 amide bonds. The molecule has 0 aromatic heterocycles. The zero-order valence-electron chi connectivity index (χ0n) is 7.88. The van der Waals surface area contributed by atoms with Gasteiger partial charge in [-0.2, -0.15) is 0 Å². The molecule has 0 saturated heterocycles. The van der Waals surface area contributed by atoms with Crippen molar-refractivity contribution in [2.45, 2.75) is 19.4 Å². The molecule has 0 fully saturated rings. The van der Waals surface area contributed by atoms with E-state index in [-0.39, 0.29) is 0 Å². The second-order valence-electron chi connectivity index (χ2n) is 3.23. The standard InChI is InChI=1S/C11H17N/c1-4-6-9(2)10-7-5-8-11(10)12-3/h4-6,8,10-12H,1,7H2,2-3H3/b9-6+. The zero-order chi connectivity index (χ0) is 8.97. The molecule has 0 spiro atoms. The van der Waals surface area contributed by atoms with Gasteiger partial charge in [0.25, 0.3) is 0 Å². The van der Waals surface area contributed by atoms with Crippen molar-refractivity contribution in [3.63, 3.8) is 0 Å². The van der Waals surface area contributed by atoms with E-state index >= 15 is 0 Å². The Labute approximate surface area is 74.9 Å². The maximum absolute atomic E-state index is 3.71. The van der Waals surface area contributed by atoms with E-state index in [9.17, 15) is 0 Å². The number of rotatable bonds is 3. The maximum atomic E-state index is 3.71. The lowest BCUT2D eigenvalue weighted by Gasteiger charge is -2.19. The SMILES string of the molecule is C=C/C=C(\C)C1CC=CC1NC. The third-order valence-electron chi connectivity index (χ3n) is 2.47. The van der Waals surface area contributed by atoms with Gasteiger partial charge < -0.3 is 5.32 Å². The van der Waals surface area contributed by atoms with Crippen molar-refractivity contribution in [3.05, 3.63) is 36.5 Å². The predicted molar refractivity (Wildman–Crippen MR) is 54.0 cm³/mol. The van der Waals surface area contributed by atoms with Crippen LogP contribution in [0.15, 0.2) is 36.5 Å². The maximum Gasteiger partial charge on any atom is 0.0316 e. The van der Waals surface area contributed by atoms with E-state index in [1.807, 2.05) is 13.1 Å². The molecule has 0 aromatic rings. The van der Waals surface area contributed by atoms with E-state index in [0.29, 0.717) is 12.0 Å². The van der Waals surface area contributed by atoms with Gasteiger partial charge in [-0.05, 0) is 20.4 Å². The van der Waals surface area contributed by atoms with Gasteiger partial charge in [-0.25, -0.2) is 0 Å². The summed E-state index contributed by atoms with van der Waals surface area (Å²) in [6.07, 6.45) is 9.60. The molecule has 0 radical (unpaired) electrons. The fourth-order valence-electron chi connectivity index (χ4n) is 1.73. The van der Waals surface area contributed by atoms with Gasteiger partial charge >= 0.3 is 0 Å². The molecule has 1 heteroatoms. The fourth-order valence-corrected chi connectivity index (χ4v) is 1.73. The zero-order valence-corrected chi connectivity index (χ0v) is 7.88. The Kier molecular flexibility index (Phi) is 3.30. The molecule has 0 aromatic carbocycles. The van der Waals surface area contributed by atoms with Crippen molar-refractivity contribution in [1.29, 1.82) is 0 Å². The molecule has 1 aliphatic rings. The normalized spacial score (nSPS) is 29.3. The topological polar surface area (TPSA) is 12.0 Å². The Morgan fingerprint density at radius 2 is 2.42 bits per heavy atom. The summed E-state index contributed by atoms with van der Waals surface area (Å²) in [6.45, 7) is 5.88. The lowest BCUT2D eigenvalue weighted by Crippen LogP contribution is -2.29. The number of likely N-dealkylation sites (N-methyl/N-ethyl adjacent to an activating group) is 1. The average Bonchev–Trinajstić information content (AvgIpc) is 2.51. The highest BCUT2D eigenvalue weighted by molar-refractivity contribution is 5.21. The van der Waals surface area contributed by atoms with E-state index in [1.165, 1.54) is 5.57 Å². The minimum absolute atomic E-state index is 0.515. The van der Waals surface area contributed by atoms with Crippen LogP contribution in [0.25, 0.3) is 0 Å². The molecule has 2 unspecified atom stereocenters. The first-order valence-electron chi connectivity index (χ1n) is 4.42. The predicted octanol–water partition coefficient (Wildman–Crippen LogP) is 2.28. The molecule has 1 aliphatic carbocycles. The molecule has 1 nitrogen and oxygen atoms in total. The number of nitrogens with one attached hydrogen (secondary N) is 1. The summed E-state index contributed by atoms with van der Waals surface area (Å²) in [5.41, 5.74) is 1.41. The van der Waals surface area contributed by atoms with Crippen molar-refractivity contribution >= 4 is 0 Å². The summed E-state index contributed by atoms with van der Waals surface area (Å²) in [5, 5.41) is 3.29. The number of allylic oxidation sites excluding steroid dienone is 3. The molecule has 66 valence electrons. The lowest BCUT2D eigenvalue weighted by atomic mass is 9.94. The van der Waals surface area contributed by atoms with Crippen LogP contribution in [-0.2, 0) is 0 Å².